The summed E-state index contributed by atoms with van der Waals surface area (Å²) in [6.07, 6.45) is 2.92. The van der Waals surface area contributed by atoms with Gasteiger partial charge in [-0.15, -0.1) is 0 Å². The molecular formula is C13H34N2O2Si3. The second-order valence-electron chi connectivity index (χ2n) is 7.65. The zero-order valence-corrected chi connectivity index (χ0v) is 17.9. The van der Waals surface area contributed by atoms with Gasteiger partial charge < -0.3 is 13.1 Å². The molecule has 4 nitrogen and oxygen atoms in total. The third kappa shape index (κ3) is 11.8. The van der Waals surface area contributed by atoms with Crippen molar-refractivity contribution in [2.24, 2.45) is 4.99 Å². The Hall–Kier alpha value is 0.0406. The number of aliphatic imine (C=N–C) groups is 1. The molecule has 0 fully saturated rings. The Morgan fingerprint density at radius 3 is 1.70 bits per heavy atom. The largest absolute Gasteiger partial charge is 0.437 e. The normalized spacial score (nSPS) is 14.1. The maximum Gasteiger partial charge on any atom is 0.314 e. The summed E-state index contributed by atoms with van der Waals surface area (Å²) in [6, 6.07) is 1.03. The van der Waals surface area contributed by atoms with Gasteiger partial charge in [0.15, 0.2) is 16.6 Å². The summed E-state index contributed by atoms with van der Waals surface area (Å²) in [5.74, 6) is 0. The van der Waals surface area contributed by atoms with Crippen LogP contribution in [0.1, 0.15) is 6.42 Å². The summed E-state index contributed by atoms with van der Waals surface area (Å²) in [5, 5.41) is 0. The van der Waals surface area contributed by atoms with Gasteiger partial charge in [0, 0.05) is 20.6 Å². The molecule has 0 aliphatic carbocycles. The van der Waals surface area contributed by atoms with Crippen molar-refractivity contribution in [3.63, 3.8) is 0 Å². The highest BCUT2D eigenvalue weighted by Crippen LogP contribution is 2.25. The molecule has 20 heavy (non-hydrogen) atoms. The number of hydrogen-bond donors (Lipinski definition) is 0. The first-order chi connectivity index (χ1) is 8.83. The number of hydrogen-bond acceptors (Lipinski definition) is 3. The Balaban J connectivity index is 4.54. The highest BCUT2D eigenvalue weighted by Gasteiger charge is 2.39. The summed E-state index contributed by atoms with van der Waals surface area (Å²) in [6.45, 7) is 16.6. The van der Waals surface area contributed by atoms with E-state index < -0.39 is 25.2 Å². The van der Waals surface area contributed by atoms with E-state index in [-0.39, 0.29) is 0 Å². The molecule has 0 aromatic rings. The molecule has 0 heterocycles. The molecule has 0 aromatic carbocycles. The van der Waals surface area contributed by atoms with Gasteiger partial charge in [-0.05, 0) is 58.3 Å². The highest BCUT2D eigenvalue weighted by atomic mass is 28.5. The van der Waals surface area contributed by atoms with Gasteiger partial charge in [-0.2, -0.15) is 0 Å². The first-order valence-electron chi connectivity index (χ1n) is 7.40. The van der Waals surface area contributed by atoms with Crippen molar-refractivity contribution in [1.82, 2.24) is 4.90 Å². The van der Waals surface area contributed by atoms with E-state index in [4.69, 9.17) is 8.23 Å². The van der Waals surface area contributed by atoms with Crippen LogP contribution in [-0.4, -0.2) is 57.1 Å². The van der Waals surface area contributed by atoms with E-state index in [0.29, 0.717) is 0 Å². The lowest BCUT2D eigenvalue weighted by molar-refractivity contribution is 0.382. The molecule has 0 N–H and O–H groups in total. The Morgan fingerprint density at radius 1 is 0.900 bits per heavy atom. The molecule has 0 saturated carbocycles. The molecule has 0 rings (SSSR count). The van der Waals surface area contributed by atoms with Gasteiger partial charge in [-0.1, -0.05) is 0 Å². The van der Waals surface area contributed by atoms with Crippen molar-refractivity contribution in [3.05, 3.63) is 0 Å². The van der Waals surface area contributed by atoms with Crippen LogP contribution < -0.4 is 0 Å². The van der Waals surface area contributed by atoms with E-state index in [1.165, 1.54) is 0 Å². The van der Waals surface area contributed by atoms with Gasteiger partial charge in [0.1, 0.15) is 0 Å². The number of nitrogens with zero attached hydrogens (tertiary/aromatic N) is 2. The molecule has 0 aliphatic heterocycles. The van der Waals surface area contributed by atoms with Crippen molar-refractivity contribution in [1.29, 1.82) is 0 Å². The van der Waals surface area contributed by atoms with Crippen molar-refractivity contribution in [2.45, 2.75) is 58.3 Å². The van der Waals surface area contributed by atoms with Crippen LogP contribution in [-0.2, 0) is 8.23 Å². The van der Waals surface area contributed by atoms with Crippen molar-refractivity contribution >= 4 is 31.5 Å². The SMILES string of the molecule is CN(C)C=NCCC[Si](C)(O[Si](C)(C)C)O[Si](C)(C)C. The molecule has 0 atom stereocenters. The topological polar surface area (TPSA) is 34.1 Å². The third-order valence-electron chi connectivity index (χ3n) is 2.27. The van der Waals surface area contributed by atoms with E-state index in [1.54, 1.807) is 0 Å². The van der Waals surface area contributed by atoms with Gasteiger partial charge in [-0.25, -0.2) is 0 Å². The van der Waals surface area contributed by atoms with Gasteiger partial charge in [0.2, 0.25) is 0 Å². The maximum atomic E-state index is 6.46. The molecule has 7 heteroatoms. The Bertz CT molecular complexity index is 294. The maximum absolute atomic E-state index is 6.46. The fraction of sp³-hybridized carbons (Fsp3) is 0.923. The summed E-state index contributed by atoms with van der Waals surface area (Å²) in [5.41, 5.74) is 0. The predicted octanol–water partition coefficient (Wildman–Crippen LogP) is 3.74. The summed E-state index contributed by atoms with van der Waals surface area (Å²) in [7, 11) is -1.21. The van der Waals surface area contributed by atoms with Crippen LogP contribution in [0, 0.1) is 0 Å². The van der Waals surface area contributed by atoms with Crippen molar-refractivity contribution in [2.75, 3.05) is 20.6 Å². The van der Waals surface area contributed by atoms with E-state index in [9.17, 15) is 0 Å². The van der Waals surface area contributed by atoms with E-state index >= 15 is 0 Å². The van der Waals surface area contributed by atoms with Crippen molar-refractivity contribution in [3.8, 4) is 0 Å². The van der Waals surface area contributed by atoms with Crippen LogP contribution >= 0.6 is 0 Å². The Labute approximate surface area is 129 Å². The lowest BCUT2D eigenvalue weighted by atomic mass is 10.5. The molecule has 0 aliphatic rings. The van der Waals surface area contributed by atoms with Crippen LogP contribution in [0.2, 0.25) is 51.9 Å². The lowest BCUT2D eigenvalue weighted by Gasteiger charge is -2.38. The monoisotopic (exact) mass is 334 g/mol. The fourth-order valence-electron chi connectivity index (χ4n) is 2.13. The van der Waals surface area contributed by atoms with Crippen LogP contribution in [0.15, 0.2) is 4.99 Å². The van der Waals surface area contributed by atoms with E-state index in [0.717, 1.165) is 19.0 Å². The molecule has 0 aromatic heterocycles. The van der Waals surface area contributed by atoms with Crippen LogP contribution in [0.5, 0.6) is 0 Å². The average molecular weight is 335 g/mol. The quantitative estimate of drug-likeness (QED) is 0.279. The molecule has 0 amide bonds. The molecule has 0 spiro atoms. The van der Waals surface area contributed by atoms with Gasteiger partial charge >= 0.3 is 8.56 Å². The van der Waals surface area contributed by atoms with Crippen LogP contribution in [0.3, 0.4) is 0 Å². The first-order valence-corrected chi connectivity index (χ1v) is 16.7. The minimum Gasteiger partial charge on any atom is -0.437 e. The Kier molecular flexibility index (Phi) is 7.90. The number of rotatable bonds is 9. The van der Waals surface area contributed by atoms with Crippen LogP contribution in [0.25, 0.3) is 0 Å². The molecular weight excluding hydrogens is 300 g/mol. The minimum atomic E-state index is -2.06. The second-order valence-corrected chi connectivity index (χ2v) is 20.5. The Morgan fingerprint density at radius 2 is 1.35 bits per heavy atom. The summed E-state index contributed by atoms with van der Waals surface area (Å²) < 4.78 is 12.9. The smallest absolute Gasteiger partial charge is 0.314 e. The van der Waals surface area contributed by atoms with Gasteiger partial charge in [0.25, 0.3) is 0 Å². The molecule has 0 saturated heterocycles. The highest BCUT2D eigenvalue weighted by molar-refractivity contribution is 6.87. The zero-order chi connectivity index (χ0) is 16.0. The van der Waals surface area contributed by atoms with Gasteiger partial charge in [0.05, 0.1) is 6.34 Å². The zero-order valence-electron chi connectivity index (χ0n) is 14.9. The van der Waals surface area contributed by atoms with Crippen molar-refractivity contribution < 1.29 is 8.23 Å². The summed E-state index contributed by atoms with van der Waals surface area (Å²) >= 11 is 0. The second kappa shape index (κ2) is 7.88. The minimum absolute atomic E-state index is 0.852. The van der Waals surface area contributed by atoms with E-state index in [1.807, 2.05) is 25.3 Å². The molecule has 0 bridgehead atoms. The fourth-order valence-corrected chi connectivity index (χ4v) is 14.7. The standard InChI is InChI=1S/C13H34N2O2Si3/c1-15(2)13-14-11-10-12-20(9,16-18(3,4)5)17-19(6,7)8/h13H,10-12H2,1-9H3. The van der Waals surface area contributed by atoms with Crippen LogP contribution in [0.4, 0.5) is 0 Å². The average Bonchev–Trinajstić information content (AvgIpc) is 2.09. The van der Waals surface area contributed by atoms with Gasteiger partial charge in [-0.3, -0.25) is 4.99 Å². The molecule has 120 valence electrons. The summed E-state index contributed by atoms with van der Waals surface area (Å²) in [4.78, 5) is 6.37. The first kappa shape index (κ1) is 20.0. The van der Waals surface area contributed by atoms with E-state index in [2.05, 4.69) is 50.8 Å². The predicted molar refractivity (Wildman–Crippen MR) is 97.0 cm³/mol. The molecule has 0 unspecified atom stereocenters. The lowest BCUT2D eigenvalue weighted by Crippen LogP contribution is -2.52. The molecule has 0 radical (unpaired) electrons. The third-order valence-corrected chi connectivity index (χ3v) is 11.9.